The zero-order valence-electron chi connectivity index (χ0n) is 9.20. The van der Waals surface area contributed by atoms with Crippen LogP contribution >= 0.6 is 23.2 Å². The Morgan fingerprint density at radius 3 is 1.53 bits per heavy atom. The molecule has 3 nitrogen and oxygen atoms in total. The van der Waals surface area contributed by atoms with Crippen LogP contribution < -0.4 is 0 Å². The summed E-state index contributed by atoms with van der Waals surface area (Å²) in [5.74, 6) is 0. The monoisotopic (exact) mass is 258 g/mol. The quantitative estimate of drug-likeness (QED) is 0.653. The van der Waals surface area contributed by atoms with E-state index >= 15 is 0 Å². The molecule has 0 fully saturated rings. The first-order valence-corrected chi connectivity index (χ1v) is 6.12. The van der Waals surface area contributed by atoms with E-state index in [2.05, 4.69) is 0 Å². The maximum atomic E-state index is 9.45. The Labute approximate surface area is 101 Å². The molecule has 0 heterocycles. The number of halogens is 2. The van der Waals surface area contributed by atoms with Crippen molar-refractivity contribution in [1.82, 2.24) is 0 Å². The molecule has 0 aliphatic carbocycles. The summed E-state index contributed by atoms with van der Waals surface area (Å²) >= 11 is 11.6. The summed E-state index contributed by atoms with van der Waals surface area (Å²) in [4.78, 5) is 0. The van der Waals surface area contributed by atoms with Crippen molar-refractivity contribution >= 4 is 23.2 Å². The smallest absolute Gasteiger partial charge is 0.0936 e. The molecule has 0 aromatic carbocycles. The standard InChI is InChI=1S/C10H20Cl2O3/c1-3-7(11)9(13)5-15-6-10(14)8(12)4-2/h7-10,13-14H,3-6H2,1-2H3. The van der Waals surface area contributed by atoms with Gasteiger partial charge in [0.2, 0.25) is 0 Å². The SMILES string of the molecule is CCC(Cl)C(O)COCC(O)C(Cl)CC. The zero-order chi connectivity index (χ0) is 11.8. The second-order valence-corrected chi connectivity index (χ2v) is 4.64. The molecule has 4 unspecified atom stereocenters. The lowest BCUT2D eigenvalue weighted by molar-refractivity contribution is -0.00966. The molecule has 4 atom stereocenters. The average molecular weight is 259 g/mol. The molecule has 0 bridgehead atoms. The second kappa shape index (κ2) is 8.59. The molecular formula is C10H20Cl2O3. The highest BCUT2D eigenvalue weighted by Gasteiger charge is 2.17. The van der Waals surface area contributed by atoms with Crippen LogP contribution in [0.4, 0.5) is 0 Å². The minimum Gasteiger partial charge on any atom is -0.389 e. The van der Waals surface area contributed by atoms with Gasteiger partial charge in [0.1, 0.15) is 0 Å². The molecule has 0 aromatic rings. The number of aliphatic hydroxyl groups is 2. The van der Waals surface area contributed by atoms with Crippen molar-refractivity contribution in [3.8, 4) is 0 Å². The van der Waals surface area contributed by atoms with Crippen LogP contribution in [0.15, 0.2) is 0 Å². The van der Waals surface area contributed by atoms with Gasteiger partial charge in [-0.05, 0) is 12.8 Å². The van der Waals surface area contributed by atoms with Gasteiger partial charge < -0.3 is 14.9 Å². The summed E-state index contributed by atoms with van der Waals surface area (Å²) in [6, 6.07) is 0. The summed E-state index contributed by atoms with van der Waals surface area (Å²) in [5, 5.41) is 18.3. The van der Waals surface area contributed by atoms with Crippen molar-refractivity contribution in [1.29, 1.82) is 0 Å². The van der Waals surface area contributed by atoms with Crippen LogP contribution in [0, 0.1) is 0 Å². The molecule has 2 N–H and O–H groups in total. The minimum atomic E-state index is -0.695. The predicted molar refractivity (Wildman–Crippen MR) is 62.7 cm³/mol. The summed E-state index contributed by atoms with van der Waals surface area (Å²) < 4.78 is 5.13. The van der Waals surface area contributed by atoms with Crippen molar-refractivity contribution in [2.75, 3.05) is 13.2 Å². The molecule has 0 amide bonds. The van der Waals surface area contributed by atoms with Gasteiger partial charge in [0.15, 0.2) is 0 Å². The summed E-state index contributed by atoms with van der Waals surface area (Å²) in [7, 11) is 0. The van der Waals surface area contributed by atoms with E-state index in [-0.39, 0.29) is 24.0 Å². The molecule has 0 saturated carbocycles. The summed E-state index contributed by atoms with van der Waals surface area (Å²) in [6.45, 7) is 4.04. The van der Waals surface area contributed by atoms with Gasteiger partial charge in [-0.25, -0.2) is 0 Å². The number of aliphatic hydroxyl groups excluding tert-OH is 2. The van der Waals surface area contributed by atoms with Crippen LogP contribution in [0.2, 0.25) is 0 Å². The summed E-state index contributed by atoms with van der Waals surface area (Å²) in [6.07, 6.45) is -0.0257. The Morgan fingerprint density at radius 2 is 1.27 bits per heavy atom. The average Bonchev–Trinajstić information content (AvgIpc) is 2.26. The molecule has 0 aliphatic rings. The van der Waals surface area contributed by atoms with Crippen molar-refractivity contribution in [2.24, 2.45) is 0 Å². The fourth-order valence-corrected chi connectivity index (χ4v) is 1.21. The number of alkyl halides is 2. The molecule has 0 rings (SSSR count). The third kappa shape index (κ3) is 6.59. The Balaban J connectivity index is 3.60. The van der Waals surface area contributed by atoms with Crippen LogP contribution in [-0.2, 0) is 4.74 Å². The maximum Gasteiger partial charge on any atom is 0.0936 e. The Bertz CT molecular complexity index is 142. The van der Waals surface area contributed by atoms with E-state index < -0.39 is 12.2 Å². The molecule has 0 saturated heterocycles. The van der Waals surface area contributed by atoms with E-state index in [1.165, 1.54) is 0 Å². The fourth-order valence-electron chi connectivity index (χ4n) is 1.06. The number of rotatable bonds is 8. The van der Waals surface area contributed by atoms with Crippen molar-refractivity contribution in [3.63, 3.8) is 0 Å². The van der Waals surface area contributed by atoms with E-state index in [1.54, 1.807) is 0 Å². The summed E-state index contributed by atoms with van der Waals surface area (Å²) in [5.41, 5.74) is 0. The minimum absolute atomic E-state index is 0.131. The predicted octanol–water partition coefficient (Wildman–Crippen LogP) is 1.76. The highest BCUT2D eigenvalue weighted by atomic mass is 35.5. The van der Waals surface area contributed by atoms with Gasteiger partial charge in [-0.15, -0.1) is 23.2 Å². The molecule has 92 valence electrons. The highest BCUT2D eigenvalue weighted by Crippen LogP contribution is 2.10. The number of hydrogen-bond acceptors (Lipinski definition) is 3. The van der Waals surface area contributed by atoms with Crippen molar-refractivity contribution in [3.05, 3.63) is 0 Å². The van der Waals surface area contributed by atoms with Gasteiger partial charge in [-0.3, -0.25) is 0 Å². The van der Waals surface area contributed by atoms with Gasteiger partial charge in [0, 0.05) is 0 Å². The topological polar surface area (TPSA) is 49.7 Å². The highest BCUT2D eigenvalue weighted by molar-refractivity contribution is 6.21. The van der Waals surface area contributed by atoms with Crippen LogP contribution in [0.3, 0.4) is 0 Å². The van der Waals surface area contributed by atoms with Gasteiger partial charge >= 0.3 is 0 Å². The van der Waals surface area contributed by atoms with E-state index in [1.807, 2.05) is 13.8 Å². The molecule has 0 radical (unpaired) electrons. The number of ether oxygens (including phenoxy) is 1. The van der Waals surface area contributed by atoms with Gasteiger partial charge in [0.25, 0.3) is 0 Å². The van der Waals surface area contributed by atoms with E-state index in [4.69, 9.17) is 27.9 Å². The first-order chi connectivity index (χ1) is 7.02. The fraction of sp³-hybridized carbons (Fsp3) is 1.00. The second-order valence-electron chi connectivity index (χ2n) is 3.52. The normalized spacial score (nSPS) is 19.6. The van der Waals surface area contributed by atoms with Crippen molar-refractivity contribution < 1.29 is 14.9 Å². The molecular weight excluding hydrogens is 239 g/mol. The molecule has 0 spiro atoms. The van der Waals surface area contributed by atoms with E-state index in [9.17, 15) is 10.2 Å². The van der Waals surface area contributed by atoms with Gasteiger partial charge in [0.05, 0.1) is 36.2 Å². The third-order valence-corrected chi connectivity index (χ3v) is 3.39. The lowest BCUT2D eigenvalue weighted by Crippen LogP contribution is -2.31. The molecule has 0 aliphatic heterocycles. The first-order valence-electron chi connectivity index (χ1n) is 5.24. The van der Waals surface area contributed by atoms with Gasteiger partial charge in [-0.2, -0.15) is 0 Å². The Kier molecular flexibility index (Phi) is 8.86. The molecule has 0 aromatic heterocycles. The van der Waals surface area contributed by atoms with Crippen LogP contribution in [0.25, 0.3) is 0 Å². The lowest BCUT2D eigenvalue weighted by atomic mass is 10.2. The zero-order valence-corrected chi connectivity index (χ0v) is 10.7. The maximum absolute atomic E-state index is 9.45. The Morgan fingerprint density at radius 1 is 0.933 bits per heavy atom. The molecule has 5 heteroatoms. The van der Waals surface area contributed by atoms with Crippen molar-refractivity contribution in [2.45, 2.75) is 49.7 Å². The first kappa shape index (κ1) is 15.5. The lowest BCUT2D eigenvalue weighted by Gasteiger charge is -2.18. The van der Waals surface area contributed by atoms with Crippen LogP contribution in [-0.4, -0.2) is 46.4 Å². The van der Waals surface area contributed by atoms with E-state index in [0.717, 1.165) is 0 Å². The largest absolute Gasteiger partial charge is 0.389 e. The van der Waals surface area contributed by atoms with E-state index in [0.29, 0.717) is 12.8 Å². The van der Waals surface area contributed by atoms with Crippen LogP contribution in [0.1, 0.15) is 26.7 Å². The Hall–Kier alpha value is 0.460. The molecule has 15 heavy (non-hydrogen) atoms. The van der Waals surface area contributed by atoms with Gasteiger partial charge in [-0.1, -0.05) is 13.8 Å². The number of hydrogen-bond donors (Lipinski definition) is 2. The van der Waals surface area contributed by atoms with Crippen LogP contribution in [0.5, 0.6) is 0 Å². The third-order valence-electron chi connectivity index (χ3n) is 2.19.